The van der Waals surface area contributed by atoms with Crippen molar-refractivity contribution < 1.29 is 0 Å². The van der Waals surface area contributed by atoms with Crippen LogP contribution in [0, 0.1) is 55.3 Å². The van der Waals surface area contributed by atoms with E-state index in [1.807, 2.05) is 44.8 Å². The molecule has 2 aromatic heterocycles. The van der Waals surface area contributed by atoms with E-state index in [0.29, 0.717) is 0 Å². The van der Waals surface area contributed by atoms with Gasteiger partial charge < -0.3 is 10.2 Å². The van der Waals surface area contributed by atoms with Crippen molar-refractivity contribution in [3.8, 4) is 24.1 Å². The van der Waals surface area contributed by atoms with Crippen LogP contribution in [0.25, 0.3) is 11.3 Å². The summed E-state index contributed by atoms with van der Waals surface area (Å²) in [5.74, 6) is 6.18. The van der Waals surface area contributed by atoms with Gasteiger partial charge in [0.2, 0.25) is 0 Å². The van der Waals surface area contributed by atoms with Gasteiger partial charge in [-0.3, -0.25) is 4.68 Å². The van der Waals surface area contributed by atoms with Crippen molar-refractivity contribution >= 4 is 5.82 Å². The van der Waals surface area contributed by atoms with Gasteiger partial charge in [-0.25, -0.2) is 0 Å². The van der Waals surface area contributed by atoms with E-state index in [1.165, 1.54) is 45.3 Å². The molecule has 35 heavy (non-hydrogen) atoms. The lowest BCUT2D eigenvalue weighted by Gasteiger charge is -2.26. The van der Waals surface area contributed by atoms with Gasteiger partial charge in [0, 0.05) is 45.0 Å². The minimum Gasteiger partial charge on any atom is -0.368 e. The second-order valence-corrected chi connectivity index (χ2v) is 10.6. The zero-order valence-electron chi connectivity index (χ0n) is 21.9. The molecule has 0 amide bonds. The van der Waals surface area contributed by atoms with Crippen molar-refractivity contribution in [1.82, 2.24) is 24.9 Å². The number of hydrogen-bond acceptors (Lipinski definition) is 5. The number of likely N-dealkylation sites (tertiary alicyclic amines) is 1. The lowest BCUT2D eigenvalue weighted by Crippen LogP contribution is -2.30. The summed E-state index contributed by atoms with van der Waals surface area (Å²) in [6.45, 7) is 11.0. The fourth-order valence-corrected chi connectivity index (χ4v) is 6.94. The molecule has 0 radical (unpaired) electrons. The summed E-state index contributed by atoms with van der Waals surface area (Å²) >= 11 is 0. The van der Waals surface area contributed by atoms with Crippen LogP contribution in [0.1, 0.15) is 45.2 Å². The number of fused-ring (bicyclic) bond motifs is 3. The highest BCUT2D eigenvalue weighted by Crippen LogP contribution is 2.46. The van der Waals surface area contributed by atoms with Crippen LogP contribution in [0.15, 0.2) is 30.5 Å². The first-order valence-electron chi connectivity index (χ1n) is 13.4. The number of nitrogens with one attached hydrogen (secondary N) is 1. The molecular weight excluding hydrogens is 432 g/mol. The second-order valence-electron chi connectivity index (χ2n) is 10.6. The number of aromatic nitrogens is 4. The molecule has 5 atom stereocenters. The first kappa shape index (κ1) is 25.4. The van der Waals surface area contributed by atoms with Crippen LogP contribution in [-0.2, 0) is 7.05 Å². The number of rotatable bonds is 6. The van der Waals surface area contributed by atoms with Gasteiger partial charge in [0.15, 0.2) is 0 Å². The summed E-state index contributed by atoms with van der Waals surface area (Å²) in [5, 5.41) is 16.8. The van der Waals surface area contributed by atoms with Crippen molar-refractivity contribution in [3.63, 3.8) is 0 Å². The maximum atomic E-state index is 4.42. The highest BCUT2D eigenvalue weighted by atomic mass is 15.3. The molecule has 6 rings (SSSR count). The minimum absolute atomic E-state index is 0.768. The lowest BCUT2D eigenvalue weighted by molar-refractivity contribution is 0.234. The van der Waals surface area contributed by atoms with E-state index in [-0.39, 0.29) is 0 Å². The fourth-order valence-electron chi connectivity index (χ4n) is 6.94. The Morgan fingerprint density at radius 2 is 1.74 bits per heavy atom. The fraction of sp³-hybridized carbons (Fsp3) is 0.621. The molecule has 1 saturated heterocycles. The largest absolute Gasteiger partial charge is 0.368 e. The number of allylic oxidation sites excluding steroid dienone is 2. The molecule has 1 N–H and O–H groups in total. The molecule has 0 aromatic carbocycles. The van der Waals surface area contributed by atoms with Gasteiger partial charge in [-0.1, -0.05) is 26.0 Å². The van der Waals surface area contributed by atoms with Crippen LogP contribution in [0.4, 0.5) is 5.82 Å². The molecule has 4 aliphatic rings. The van der Waals surface area contributed by atoms with Crippen LogP contribution in [-0.4, -0.2) is 51.1 Å². The molecule has 2 bridgehead atoms. The molecule has 0 spiro atoms. The van der Waals surface area contributed by atoms with Crippen molar-refractivity contribution in [3.05, 3.63) is 36.2 Å². The highest BCUT2D eigenvalue weighted by molar-refractivity contribution is 5.61. The number of hydrogen-bond donors (Lipinski definition) is 1. The van der Waals surface area contributed by atoms with Gasteiger partial charge in [0.05, 0.1) is 11.4 Å². The topological polar surface area (TPSA) is 58.9 Å². The summed E-state index contributed by atoms with van der Waals surface area (Å²) in [7, 11) is 1.94. The zero-order chi connectivity index (χ0) is 24.9. The van der Waals surface area contributed by atoms with Crippen molar-refractivity contribution in [2.24, 2.45) is 42.6 Å². The highest BCUT2D eigenvalue weighted by Gasteiger charge is 2.43. The quantitative estimate of drug-likeness (QED) is 0.469. The van der Waals surface area contributed by atoms with Gasteiger partial charge in [0.25, 0.3) is 0 Å². The Hall–Kier alpha value is -2.65. The first-order chi connectivity index (χ1) is 17.1. The van der Waals surface area contributed by atoms with Gasteiger partial charge in [-0.2, -0.15) is 5.10 Å². The Morgan fingerprint density at radius 3 is 2.29 bits per heavy atom. The van der Waals surface area contributed by atoms with Gasteiger partial charge in [-0.05, 0) is 80.2 Å². The van der Waals surface area contributed by atoms with E-state index in [0.717, 1.165) is 64.8 Å². The van der Waals surface area contributed by atoms with E-state index in [4.69, 9.17) is 0 Å². The van der Waals surface area contributed by atoms with E-state index >= 15 is 0 Å². The van der Waals surface area contributed by atoms with Gasteiger partial charge in [0.1, 0.15) is 5.82 Å². The lowest BCUT2D eigenvalue weighted by atomic mass is 9.93. The van der Waals surface area contributed by atoms with Gasteiger partial charge >= 0.3 is 0 Å². The molecule has 3 aliphatic carbocycles. The van der Waals surface area contributed by atoms with Crippen molar-refractivity contribution in [2.45, 2.75) is 46.5 Å². The molecule has 1 aliphatic heterocycles. The van der Waals surface area contributed by atoms with Crippen LogP contribution in [0.3, 0.4) is 0 Å². The number of nitrogens with zero attached hydrogens (tertiary/aromatic N) is 5. The summed E-state index contributed by atoms with van der Waals surface area (Å²) < 4.78 is 1.82. The molecule has 5 unspecified atom stereocenters. The monoisotopic (exact) mass is 474 g/mol. The SMILES string of the molecule is C#C.CC.Cc1nn(C)cc1-c1ccc(NCC2CC3CN(CC4CC5C=CC4C5)CC3C2)nn1. The first-order valence-corrected chi connectivity index (χ1v) is 13.4. The van der Waals surface area contributed by atoms with E-state index in [1.54, 1.807) is 0 Å². The second kappa shape index (κ2) is 11.4. The van der Waals surface area contributed by atoms with Crippen LogP contribution in [0.2, 0.25) is 0 Å². The van der Waals surface area contributed by atoms with E-state index < -0.39 is 0 Å². The molecular formula is C29H42N6. The number of aryl methyl sites for hydroxylation is 2. The summed E-state index contributed by atoms with van der Waals surface area (Å²) in [6, 6.07) is 4.10. The van der Waals surface area contributed by atoms with Crippen LogP contribution >= 0.6 is 0 Å². The predicted octanol–water partition coefficient (Wildman–Crippen LogP) is 5.04. The third kappa shape index (κ3) is 5.62. The molecule has 2 aromatic rings. The summed E-state index contributed by atoms with van der Waals surface area (Å²) in [5.41, 5.74) is 2.93. The van der Waals surface area contributed by atoms with Crippen LogP contribution in [0.5, 0.6) is 0 Å². The number of terminal acetylenes is 1. The smallest absolute Gasteiger partial charge is 0.148 e. The van der Waals surface area contributed by atoms with Crippen molar-refractivity contribution in [2.75, 3.05) is 31.5 Å². The summed E-state index contributed by atoms with van der Waals surface area (Å²) in [6.07, 6.45) is 20.6. The van der Waals surface area contributed by atoms with E-state index in [2.05, 4.69) is 56.6 Å². The van der Waals surface area contributed by atoms with Crippen LogP contribution < -0.4 is 5.32 Å². The predicted molar refractivity (Wildman–Crippen MR) is 144 cm³/mol. The van der Waals surface area contributed by atoms with Crippen molar-refractivity contribution in [1.29, 1.82) is 0 Å². The Morgan fingerprint density at radius 1 is 1.00 bits per heavy atom. The Labute approximate surface area is 211 Å². The molecule has 3 fully saturated rings. The van der Waals surface area contributed by atoms with E-state index in [9.17, 15) is 0 Å². The molecule has 2 saturated carbocycles. The molecule has 188 valence electrons. The summed E-state index contributed by atoms with van der Waals surface area (Å²) in [4.78, 5) is 2.79. The Bertz CT molecular complexity index is 992. The normalized spacial score (nSPS) is 30.3. The molecule has 3 heterocycles. The average molecular weight is 475 g/mol. The maximum Gasteiger partial charge on any atom is 0.148 e. The average Bonchev–Trinajstić information content (AvgIpc) is 3.69. The minimum atomic E-state index is 0.768. The van der Waals surface area contributed by atoms with Gasteiger partial charge in [-0.15, -0.1) is 23.0 Å². The Balaban J connectivity index is 0.000000689. The maximum absolute atomic E-state index is 4.42. The molecule has 6 nitrogen and oxygen atoms in total. The molecule has 6 heteroatoms. The number of anilines is 1. The third-order valence-corrected chi connectivity index (χ3v) is 8.36. The standard InChI is InChI=1S/C25H34N6.C2H6.C2H2/c1-16-23(15-30(2)29-16)24-5-6-25(28-27-24)26-11-18-9-21-13-31(14-22(21)10-18)12-20-8-17-3-4-19(20)7-17;2*1-2/h3-6,15,17-22H,7-14H2,1-2H3,(H,26,28);1-2H3;1-2H. The Kier molecular flexibility index (Phi) is 8.28. The third-order valence-electron chi connectivity index (χ3n) is 8.36. The zero-order valence-corrected chi connectivity index (χ0v) is 21.9.